The van der Waals surface area contributed by atoms with Crippen LogP contribution in [0.3, 0.4) is 0 Å². The van der Waals surface area contributed by atoms with Crippen molar-refractivity contribution in [3.63, 3.8) is 0 Å². The number of rotatable bonds is 2. The van der Waals surface area contributed by atoms with Gasteiger partial charge in [0.05, 0.1) is 5.54 Å². The van der Waals surface area contributed by atoms with E-state index in [2.05, 4.69) is 10.8 Å². The maximum atomic E-state index is 12.0. The van der Waals surface area contributed by atoms with E-state index in [-0.39, 0.29) is 11.6 Å². The lowest BCUT2D eigenvalue weighted by molar-refractivity contribution is 0.0274. The molecule has 0 radical (unpaired) electrons. The van der Waals surface area contributed by atoms with Crippen LogP contribution >= 0.6 is 0 Å². The number of likely N-dealkylation sites (N-methyl/N-ethyl adjacent to an activating group) is 1. The van der Waals surface area contributed by atoms with E-state index in [0.29, 0.717) is 12.6 Å². The van der Waals surface area contributed by atoms with Crippen LogP contribution in [-0.2, 0) is 4.74 Å². The maximum absolute atomic E-state index is 12.0. The van der Waals surface area contributed by atoms with Gasteiger partial charge < -0.3 is 9.64 Å². The molecule has 1 aliphatic rings. The molecule has 0 saturated carbocycles. The van der Waals surface area contributed by atoms with E-state index >= 15 is 0 Å². The number of terminal acetylenes is 1. The van der Waals surface area contributed by atoms with Crippen molar-refractivity contribution >= 4 is 6.09 Å². The first-order valence-corrected chi connectivity index (χ1v) is 6.75. The lowest BCUT2D eigenvalue weighted by Gasteiger charge is -2.35. The lowest BCUT2D eigenvalue weighted by atomic mass is 10.0. The Labute approximate surface area is 117 Å². The highest BCUT2D eigenvalue weighted by molar-refractivity contribution is 5.68. The first-order valence-electron chi connectivity index (χ1n) is 6.75. The fourth-order valence-corrected chi connectivity index (χ4v) is 2.11. The van der Waals surface area contributed by atoms with E-state index in [1.54, 1.807) is 4.90 Å². The Balaban J connectivity index is 2.60. The van der Waals surface area contributed by atoms with Crippen LogP contribution < -0.4 is 0 Å². The molecule has 19 heavy (non-hydrogen) atoms. The van der Waals surface area contributed by atoms with Gasteiger partial charge in [-0.25, -0.2) is 4.79 Å². The summed E-state index contributed by atoms with van der Waals surface area (Å²) in [6.07, 6.45) is 6.25. The third-order valence-corrected chi connectivity index (χ3v) is 3.60. The van der Waals surface area contributed by atoms with Crippen LogP contribution in [0.5, 0.6) is 0 Å². The zero-order chi connectivity index (χ0) is 14.8. The van der Waals surface area contributed by atoms with E-state index in [1.807, 2.05) is 41.7 Å². The number of nitrogens with zero attached hydrogens (tertiary/aromatic N) is 2. The van der Waals surface area contributed by atoms with E-state index in [9.17, 15) is 4.79 Å². The Bertz CT molecular complexity index is 377. The third kappa shape index (κ3) is 4.14. The number of likely N-dealkylation sites (tertiary alicyclic amines) is 1. The van der Waals surface area contributed by atoms with Gasteiger partial charge in [0.15, 0.2) is 0 Å². The first kappa shape index (κ1) is 15.8. The van der Waals surface area contributed by atoms with Gasteiger partial charge in [-0.05, 0) is 48.1 Å². The number of hydrogen-bond acceptors (Lipinski definition) is 3. The molecule has 0 bridgehead atoms. The Hall–Kier alpha value is -1.21. The van der Waals surface area contributed by atoms with Crippen molar-refractivity contribution in [2.24, 2.45) is 0 Å². The highest BCUT2D eigenvalue weighted by Gasteiger charge is 2.35. The Kier molecular flexibility index (Phi) is 4.52. The van der Waals surface area contributed by atoms with Crippen molar-refractivity contribution in [2.45, 2.75) is 58.2 Å². The standard InChI is InChI=1S/C15H26N2O2/c1-8-15(5,6)16(7)12-9-10-17(11-12)13(18)19-14(2,3)4/h1,12H,9-11H2,2-7H3/t12-/m1/s1. The molecule has 0 unspecified atom stereocenters. The van der Waals surface area contributed by atoms with Crippen molar-refractivity contribution in [1.82, 2.24) is 9.80 Å². The molecule has 0 spiro atoms. The second kappa shape index (κ2) is 5.42. The predicted octanol–water partition coefficient (Wildman–Crippen LogP) is 2.34. The first-order chi connectivity index (χ1) is 8.57. The second-order valence-corrected chi connectivity index (χ2v) is 6.68. The third-order valence-electron chi connectivity index (χ3n) is 3.60. The van der Waals surface area contributed by atoms with Crippen molar-refractivity contribution < 1.29 is 9.53 Å². The fourth-order valence-electron chi connectivity index (χ4n) is 2.11. The van der Waals surface area contributed by atoms with Gasteiger partial charge in [-0.3, -0.25) is 4.90 Å². The lowest BCUT2D eigenvalue weighted by Crippen LogP contribution is -2.48. The molecule has 0 aromatic heterocycles. The minimum atomic E-state index is -0.445. The van der Waals surface area contributed by atoms with Crippen LogP contribution in [0.25, 0.3) is 0 Å². The molecule has 0 N–H and O–H groups in total. The number of hydrogen-bond donors (Lipinski definition) is 0. The molecule has 0 aliphatic carbocycles. The molecule has 4 heteroatoms. The van der Waals surface area contributed by atoms with E-state index in [1.165, 1.54) is 0 Å². The number of carbonyl (C=O) groups is 1. The van der Waals surface area contributed by atoms with E-state index < -0.39 is 5.60 Å². The summed E-state index contributed by atoms with van der Waals surface area (Å²) in [5, 5.41) is 0. The van der Waals surface area contributed by atoms with Crippen LogP contribution in [0.15, 0.2) is 0 Å². The molecule has 1 amide bonds. The van der Waals surface area contributed by atoms with Gasteiger partial charge in [0, 0.05) is 19.1 Å². The van der Waals surface area contributed by atoms with Gasteiger partial charge in [0.1, 0.15) is 5.60 Å². The molecule has 1 saturated heterocycles. The minimum Gasteiger partial charge on any atom is -0.444 e. The predicted molar refractivity (Wildman–Crippen MR) is 76.9 cm³/mol. The Morgan fingerprint density at radius 3 is 2.42 bits per heavy atom. The zero-order valence-electron chi connectivity index (χ0n) is 13.0. The van der Waals surface area contributed by atoms with Gasteiger partial charge in [-0.1, -0.05) is 5.92 Å². The quantitative estimate of drug-likeness (QED) is 0.719. The summed E-state index contributed by atoms with van der Waals surface area (Å²) in [5.41, 5.74) is -0.742. The summed E-state index contributed by atoms with van der Waals surface area (Å²) < 4.78 is 5.39. The average molecular weight is 266 g/mol. The topological polar surface area (TPSA) is 32.8 Å². The molecule has 1 aliphatic heterocycles. The molecule has 1 heterocycles. The SMILES string of the molecule is C#CC(C)(C)N(C)[C@@H]1CCN(C(=O)OC(C)(C)C)C1. The number of amides is 1. The summed E-state index contributed by atoms with van der Waals surface area (Å²) in [6.45, 7) is 11.1. The van der Waals surface area contributed by atoms with Crippen LogP contribution in [0, 0.1) is 12.3 Å². The fraction of sp³-hybridized carbons (Fsp3) is 0.800. The Morgan fingerprint density at radius 1 is 1.37 bits per heavy atom. The summed E-state index contributed by atoms with van der Waals surface area (Å²) in [7, 11) is 2.02. The van der Waals surface area contributed by atoms with Crippen molar-refractivity contribution in [1.29, 1.82) is 0 Å². The highest BCUT2D eigenvalue weighted by atomic mass is 16.6. The zero-order valence-corrected chi connectivity index (χ0v) is 13.0. The monoisotopic (exact) mass is 266 g/mol. The van der Waals surface area contributed by atoms with E-state index in [0.717, 1.165) is 13.0 Å². The normalized spacial score (nSPS) is 20.5. The smallest absolute Gasteiger partial charge is 0.410 e. The van der Waals surface area contributed by atoms with Crippen molar-refractivity contribution in [3.8, 4) is 12.3 Å². The molecular formula is C15H26N2O2. The van der Waals surface area contributed by atoms with Crippen LogP contribution in [-0.4, -0.2) is 53.2 Å². The minimum absolute atomic E-state index is 0.234. The summed E-state index contributed by atoms with van der Waals surface area (Å²) >= 11 is 0. The second-order valence-electron chi connectivity index (χ2n) is 6.68. The summed E-state index contributed by atoms with van der Waals surface area (Å²) in [6, 6.07) is 0.290. The van der Waals surface area contributed by atoms with E-state index in [4.69, 9.17) is 11.2 Å². The van der Waals surface area contributed by atoms with Crippen LogP contribution in [0.1, 0.15) is 41.0 Å². The van der Waals surface area contributed by atoms with Gasteiger partial charge in [-0.15, -0.1) is 6.42 Å². The van der Waals surface area contributed by atoms with Gasteiger partial charge in [0.25, 0.3) is 0 Å². The molecular weight excluding hydrogens is 240 g/mol. The number of carbonyl (C=O) groups excluding carboxylic acids is 1. The number of ether oxygens (including phenoxy) is 1. The highest BCUT2D eigenvalue weighted by Crippen LogP contribution is 2.23. The maximum Gasteiger partial charge on any atom is 0.410 e. The largest absolute Gasteiger partial charge is 0.444 e. The molecule has 108 valence electrons. The Morgan fingerprint density at radius 2 is 1.95 bits per heavy atom. The molecule has 4 nitrogen and oxygen atoms in total. The molecule has 1 fully saturated rings. The molecule has 0 aromatic rings. The van der Waals surface area contributed by atoms with Gasteiger partial charge in [0.2, 0.25) is 0 Å². The molecule has 1 atom stereocenters. The van der Waals surface area contributed by atoms with Gasteiger partial charge >= 0.3 is 6.09 Å². The van der Waals surface area contributed by atoms with Crippen molar-refractivity contribution in [3.05, 3.63) is 0 Å². The average Bonchev–Trinajstić information content (AvgIpc) is 2.74. The molecule has 1 rings (SSSR count). The summed E-state index contributed by atoms with van der Waals surface area (Å²) in [4.78, 5) is 15.9. The van der Waals surface area contributed by atoms with Gasteiger partial charge in [-0.2, -0.15) is 0 Å². The van der Waals surface area contributed by atoms with Crippen molar-refractivity contribution in [2.75, 3.05) is 20.1 Å². The summed E-state index contributed by atoms with van der Waals surface area (Å²) in [5.74, 6) is 2.79. The molecule has 0 aromatic carbocycles. The van der Waals surface area contributed by atoms with Crippen LogP contribution in [0.4, 0.5) is 4.79 Å². The van der Waals surface area contributed by atoms with Crippen LogP contribution in [0.2, 0.25) is 0 Å².